The zero-order chi connectivity index (χ0) is 12.1. The number of hydrogen-bond donors (Lipinski definition) is 4. The van der Waals surface area contributed by atoms with Gasteiger partial charge in [0, 0.05) is 13.8 Å². The zero-order valence-electron chi connectivity index (χ0n) is 7.97. The molecule has 1 unspecified atom stereocenters. The standard InChI is InChI=1S/C3H7FO2.2C2H4O2/c4-1-3(6)2-5;2*1-2(3)4/h3,5-6H,1-2H2;2*1H3,(H,3,4). The van der Waals surface area contributed by atoms with Gasteiger partial charge in [-0.3, -0.25) is 9.59 Å². The molecule has 0 amide bonds. The summed E-state index contributed by atoms with van der Waals surface area (Å²) in [6.07, 6.45) is -1.18. The average molecular weight is 214 g/mol. The number of aliphatic hydroxyl groups is 2. The van der Waals surface area contributed by atoms with Crippen molar-refractivity contribution in [2.45, 2.75) is 20.0 Å². The Morgan fingerprint density at radius 1 is 1.21 bits per heavy atom. The van der Waals surface area contributed by atoms with Crippen LogP contribution in [-0.2, 0) is 9.59 Å². The third-order valence-corrected chi connectivity index (χ3v) is 0.389. The molecule has 0 saturated heterocycles. The van der Waals surface area contributed by atoms with Crippen molar-refractivity contribution in [1.82, 2.24) is 0 Å². The third kappa shape index (κ3) is 133. The van der Waals surface area contributed by atoms with Crippen molar-refractivity contribution in [2.75, 3.05) is 13.3 Å². The number of carbonyl (C=O) groups is 2. The van der Waals surface area contributed by atoms with Gasteiger partial charge in [-0.2, -0.15) is 0 Å². The summed E-state index contributed by atoms with van der Waals surface area (Å²) in [5.74, 6) is -1.67. The van der Waals surface area contributed by atoms with Crippen LogP contribution in [0.25, 0.3) is 0 Å². The summed E-state index contributed by atoms with van der Waals surface area (Å²) in [5, 5.41) is 30.7. The van der Waals surface area contributed by atoms with Crippen LogP contribution in [0.5, 0.6) is 0 Å². The number of carboxylic acids is 2. The van der Waals surface area contributed by atoms with Crippen LogP contribution in [0.2, 0.25) is 0 Å². The summed E-state index contributed by atoms with van der Waals surface area (Å²) in [6.45, 7) is 0.813. The van der Waals surface area contributed by atoms with Crippen molar-refractivity contribution in [1.29, 1.82) is 0 Å². The molecule has 0 spiro atoms. The van der Waals surface area contributed by atoms with Crippen LogP contribution < -0.4 is 0 Å². The Bertz CT molecular complexity index is 125. The van der Waals surface area contributed by atoms with Gasteiger partial charge in [-0.15, -0.1) is 0 Å². The van der Waals surface area contributed by atoms with Crippen LogP contribution in [-0.4, -0.2) is 51.8 Å². The minimum Gasteiger partial charge on any atom is -0.481 e. The molecule has 14 heavy (non-hydrogen) atoms. The van der Waals surface area contributed by atoms with Crippen LogP contribution in [0.4, 0.5) is 4.39 Å². The molecule has 7 heteroatoms. The number of halogens is 1. The molecule has 0 aromatic rings. The Hall–Kier alpha value is -1.21. The summed E-state index contributed by atoms with van der Waals surface area (Å²) in [6, 6.07) is 0. The molecule has 0 radical (unpaired) electrons. The molecule has 1 atom stereocenters. The first kappa shape index (κ1) is 18.5. The van der Waals surface area contributed by atoms with Crippen molar-refractivity contribution in [3.63, 3.8) is 0 Å². The molecule has 0 saturated carbocycles. The minimum absolute atomic E-state index is 0.490. The third-order valence-electron chi connectivity index (χ3n) is 0.389. The Kier molecular flexibility index (Phi) is 19.0. The van der Waals surface area contributed by atoms with E-state index in [1.807, 2.05) is 0 Å². The molecule has 0 aliphatic rings. The first-order chi connectivity index (χ1) is 6.27. The van der Waals surface area contributed by atoms with E-state index >= 15 is 0 Å². The van der Waals surface area contributed by atoms with Crippen LogP contribution in [0.3, 0.4) is 0 Å². The van der Waals surface area contributed by atoms with E-state index in [9.17, 15) is 4.39 Å². The summed E-state index contributed by atoms with van der Waals surface area (Å²) in [5.41, 5.74) is 0. The number of alkyl halides is 1. The Balaban J connectivity index is -0.000000135. The highest BCUT2D eigenvalue weighted by Crippen LogP contribution is 1.77. The molecule has 0 aliphatic heterocycles. The second kappa shape index (κ2) is 14.3. The molecule has 0 aromatic carbocycles. The second-order valence-corrected chi connectivity index (χ2v) is 2.03. The second-order valence-electron chi connectivity index (χ2n) is 2.03. The van der Waals surface area contributed by atoms with E-state index in [1.165, 1.54) is 0 Å². The normalized spacial score (nSPS) is 9.79. The molecule has 0 fully saturated rings. The van der Waals surface area contributed by atoms with Crippen molar-refractivity contribution in [3.8, 4) is 0 Å². The van der Waals surface area contributed by atoms with Gasteiger partial charge >= 0.3 is 0 Å². The Morgan fingerprint density at radius 2 is 1.43 bits per heavy atom. The minimum atomic E-state index is -1.18. The number of aliphatic carboxylic acids is 2. The summed E-state index contributed by atoms with van der Waals surface area (Å²) < 4.78 is 11.0. The van der Waals surface area contributed by atoms with Gasteiger partial charge in [0.25, 0.3) is 11.9 Å². The van der Waals surface area contributed by atoms with Gasteiger partial charge in [0.05, 0.1) is 6.61 Å². The van der Waals surface area contributed by atoms with Crippen molar-refractivity contribution < 1.29 is 34.4 Å². The van der Waals surface area contributed by atoms with Crippen LogP contribution in [0.15, 0.2) is 0 Å². The molecule has 0 aliphatic carbocycles. The first-order valence-corrected chi connectivity index (χ1v) is 3.51. The number of carboxylic acid groups (broad SMARTS) is 2. The lowest BCUT2D eigenvalue weighted by Crippen LogP contribution is -2.13. The maximum atomic E-state index is 11.0. The molecule has 0 heterocycles. The maximum Gasteiger partial charge on any atom is 0.300 e. The van der Waals surface area contributed by atoms with E-state index in [0.717, 1.165) is 13.8 Å². The van der Waals surface area contributed by atoms with Gasteiger partial charge in [0.15, 0.2) is 0 Å². The van der Waals surface area contributed by atoms with Crippen LogP contribution in [0, 0.1) is 0 Å². The molecule has 86 valence electrons. The summed E-state index contributed by atoms with van der Waals surface area (Å²) in [4.78, 5) is 18.0. The fraction of sp³-hybridized carbons (Fsp3) is 0.714. The Labute approximate surface area is 80.6 Å². The summed E-state index contributed by atoms with van der Waals surface area (Å²) >= 11 is 0. The van der Waals surface area contributed by atoms with E-state index in [0.29, 0.717) is 0 Å². The zero-order valence-corrected chi connectivity index (χ0v) is 7.97. The molecular weight excluding hydrogens is 199 g/mol. The fourth-order valence-electron chi connectivity index (χ4n) is 0.0488. The lowest BCUT2D eigenvalue weighted by atomic mass is 10.4. The van der Waals surface area contributed by atoms with Gasteiger partial charge < -0.3 is 20.4 Å². The van der Waals surface area contributed by atoms with Crippen LogP contribution >= 0.6 is 0 Å². The van der Waals surface area contributed by atoms with Gasteiger partial charge in [0.1, 0.15) is 12.8 Å². The predicted molar refractivity (Wildman–Crippen MR) is 45.7 cm³/mol. The quantitative estimate of drug-likeness (QED) is 0.492. The van der Waals surface area contributed by atoms with E-state index < -0.39 is 31.3 Å². The fourth-order valence-corrected chi connectivity index (χ4v) is 0.0488. The topological polar surface area (TPSA) is 115 Å². The smallest absolute Gasteiger partial charge is 0.300 e. The number of rotatable bonds is 2. The van der Waals surface area contributed by atoms with Gasteiger partial charge in [-0.25, -0.2) is 4.39 Å². The van der Waals surface area contributed by atoms with E-state index in [2.05, 4.69) is 0 Å². The summed E-state index contributed by atoms with van der Waals surface area (Å²) in [7, 11) is 0. The first-order valence-electron chi connectivity index (χ1n) is 3.51. The van der Waals surface area contributed by atoms with Crippen molar-refractivity contribution in [3.05, 3.63) is 0 Å². The van der Waals surface area contributed by atoms with Crippen LogP contribution in [0.1, 0.15) is 13.8 Å². The lowest BCUT2D eigenvalue weighted by molar-refractivity contribution is -0.135. The van der Waals surface area contributed by atoms with Crippen molar-refractivity contribution in [2.24, 2.45) is 0 Å². The monoisotopic (exact) mass is 214 g/mol. The van der Waals surface area contributed by atoms with E-state index in [4.69, 9.17) is 30.0 Å². The largest absolute Gasteiger partial charge is 0.481 e. The Morgan fingerprint density at radius 3 is 1.43 bits per heavy atom. The van der Waals surface area contributed by atoms with Crippen molar-refractivity contribution >= 4 is 11.9 Å². The van der Waals surface area contributed by atoms with E-state index in [-0.39, 0.29) is 0 Å². The number of aliphatic hydroxyl groups excluding tert-OH is 2. The van der Waals surface area contributed by atoms with E-state index in [1.54, 1.807) is 0 Å². The van der Waals surface area contributed by atoms with Gasteiger partial charge in [-0.1, -0.05) is 0 Å². The highest BCUT2D eigenvalue weighted by Gasteiger charge is 1.95. The predicted octanol–water partition coefficient (Wildman–Crippen LogP) is -0.509. The SMILES string of the molecule is CC(=O)O.CC(=O)O.OCC(O)CF. The van der Waals surface area contributed by atoms with Gasteiger partial charge in [0.2, 0.25) is 0 Å². The molecule has 6 nitrogen and oxygen atoms in total. The average Bonchev–Trinajstić information content (AvgIpc) is 2.01. The lowest BCUT2D eigenvalue weighted by Gasteiger charge is -1.94. The number of hydrogen-bond acceptors (Lipinski definition) is 4. The highest BCUT2D eigenvalue weighted by atomic mass is 19.1. The molecule has 0 rings (SSSR count). The molecule has 0 bridgehead atoms. The highest BCUT2D eigenvalue weighted by molar-refractivity contribution is 5.63. The molecular formula is C7H15FO6. The molecule has 4 N–H and O–H groups in total. The van der Waals surface area contributed by atoms with Gasteiger partial charge in [-0.05, 0) is 0 Å². The maximum absolute atomic E-state index is 11.0. The molecule has 0 aromatic heterocycles.